The van der Waals surface area contributed by atoms with Gasteiger partial charge in [-0.1, -0.05) is 77.8 Å². The molecule has 0 aliphatic carbocycles. The van der Waals surface area contributed by atoms with Gasteiger partial charge in [0.05, 0.1) is 5.02 Å². The SMILES string of the molecule is O=C(NCc1ccncc1)C(Cc1ccccc1)N(Cc1ccc(Cl)cc1)C(=O)COc1ccccc1Cl. The third kappa shape index (κ3) is 7.81. The van der Waals surface area contributed by atoms with Crippen molar-refractivity contribution < 1.29 is 14.3 Å². The normalized spacial score (nSPS) is 11.4. The fourth-order valence-electron chi connectivity index (χ4n) is 3.93. The standard InChI is InChI=1S/C30H27Cl2N3O3/c31-25-12-10-24(11-13-25)20-35(29(36)21-38-28-9-5-4-8-26(28)32)27(18-22-6-2-1-3-7-22)30(37)34-19-23-14-16-33-17-15-23/h1-17,27H,18-21H2,(H,34,37). The number of hydrogen-bond acceptors (Lipinski definition) is 4. The summed E-state index contributed by atoms with van der Waals surface area (Å²) in [4.78, 5) is 32.9. The molecule has 6 nitrogen and oxygen atoms in total. The number of amides is 2. The molecule has 3 aromatic carbocycles. The zero-order chi connectivity index (χ0) is 26.7. The van der Waals surface area contributed by atoms with E-state index in [9.17, 15) is 9.59 Å². The Morgan fingerprint density at radius 1 is 0.816 bits per heavy atom. The molecule has 0 aliphatic heterocycles. The van der Waals surface area contributed by atoms with Crippen LogP contribution in [0.25, 0.3) is 0 Å². The molecule has 1 aromatic heterocycles. The summed E-state index contributed by atoms with van der Waals surface area (Å²) < 4.78 is 5.76. The van der Waals surface area contributed by atoms with Crippen molar-refractivity contribution in [1.29, 1.82) is 0 Å². The zero-order valence-electron chi connectivity index (χ0n) is 20.6. The molecule has 38 heavy (non-hydrogen) atoms. The van der Waals surface area contributed by atoms with E-state index in [0.29, 0.717) is 28.8 Å². The molecule has 1 N–H and O–H groups in total. The van der Waals surface area contributed by atoms with Gasteiger partial charge in [0.25, 0.3) is 5.91 Å². The monoisotopic (exact) mass is 547 g/mol. The van der Waals surface area contributed by atoms with Gasteiger partial charge < -0.3 is 15.0 Å². The van der Waals surface area contributed by atoms with Crippen molar-refractivity contribution in [3.63, 3.8) is 0 Å². The Morgan fingerprint density at radius 2 is 1.50 bits per heavy atom. The predicted octanol–water partition coefficient (Wildman–Crippen LogP) is 5.72. The molecule has 2 amide bonds. The van der Waals surface area contributed by atoms with Gasteiger partial charge in [0.2, 0.25) is 5.91 Å². The summed E-state index contributed by atoms with van der Waals surface area (Å²) >= 11 is 12.3. The maximum Gasteiger partial charge on any atom is 0.261 e. The first kappa shape index (κ1) is 27.2. The van der Waals surface area contributed by atoms with E-state index in [1.807, 2.05) is 54.6 Å². The minimum atomic E-state index is -0.794. The smallest absolute Gasteiger partial charge is 0.261 e. The van der Waals surface area contributed by atoms with Gasteiger partial charge in [0.1, 0.15) is 11.8 Å². The Labute approximate surface area is 232 Å². The summed E-state index contributed by atoms with van der Waals surface area (Å²) in [5, 5.41) is 3.98. The van der Waals surface area contributed by atoms with Gasteiger partial charge in [-0.05, 0) is 53.1 Å². The van der Waals surface area contributed by atoms with Gasteiger partial charge in [-0.15, -0.1) is 0 Å². The molecule has 8 heteroatoms. The third-order valence-electron chi connectivity index (χ3n) is 5.94. The van der Waals surface area contributed by atoms with Gasteiger partial charge >= 0.3 is 0 Å². The second-order valence-electron chi connectivity index (χ2n) is 8.65. The summed E-state index contributed by atoms with van der Waals surface area (Å²) in [5.41, 5.74) is 2.67. The molecule has 4 rings (SSSR count). The quantitative estimate of drug-likeness (QED) is 0.260. The lowest BCUT2D eigenvalue weighted by atomic mass is 10.0. The largest absolute Gasteiger partial charge is 0.482 e. The molecule has 0 aliphatic rings. The number of carbonyl (C=O) groups is 2. The van der Waals surface area contributed by atoms with Crippen LogP contribution in [0.5, 0.6) is 5.75 Å². The number of aromatic nitrogens is 1. The minimum Gasteiger partial charge on any atom is -0.482 e. The van der Waals surface area contributed by atoms with Gasteiger partial charge in [0, 0.05) is 36.9 Å². The summed E-state index contributed by atoms with van der Waals surface area (Å²) in [6.45, 7) is 0.230. The van der Waals surface area contributed by atoms with E-state index in [4.69, 9.17) is 27.9 Å². The first-order chi connectivity index (χ1) is 18.5. The van der Waals surface area contributed by atoms with Crippen LogP contribution in [0.3, 0.4) is 0 Å². The Kier molecular flexibility index (Phi) is 9.73. The molecular weight excluding hydrogens is 521 g/mol. The number of pyridine rings is 1. The minimum absolute atomic E-state index is 0.196. The number of para-hydroxylation sites is 1. The summed E-state index contributed by atoms with van der Waals surface area (Å²) in [6, 6.07) is 26.6. The van der Waals surface area contributed by atoms with Crippen molar-refractivity contribution in [3.8, 4) is 5.75 Å². The predicted molar refractivity (Wildman–Crippen MR) is 149 cm³/mol. The Bertz CT molecular complexity index is 1340. The van der Waals surface area contributed by atoms with E-state index in [2.05, 4.69) is 10.3 Å². The number of benzene rings is 3. The van der Waals surface area contributed by atoms with Crippen LogP contribution in [0.15, 0.2) is 103 Å². The number of hydrogen-bond donors (Lipinski definition) is 1. The van der Waals surface area contributed by atoms with E-state index in [1.54, 1.807) is 53.7 Å². The van der Waals surface area contributed by atoms with Crippen LogP contribution in [0.2, 0.25) is 10.0 Å². The van der Waals surface area contributed by atoms with Crippen LogP contribution in [0.1, 0.15) is 16.7 Å². The average molecular weight is 548 g/mol. The number of carbonyl (C=O) groups excluding carboxylic acids is 2. The molecule has 0 saturated carbocycles. The van der Waals surface area contributed by atoms with Crippen LogP contribution >= 0.6 is 23.2 Å². The molecule has 1 heterocycles. The number of nitrogens with zero attached hydrogens (tertiary/aromatic N) is 2. The summed E-state index contributed by atoms with van der Waals surface area (Å²) in [7, 11) is 0. The second kappa shape index (κ2) is 13.6. The van der Waals surface area contributed by atoms with E-state index in [-0.39, 0.29) is 25.0 Å². The van der Waals surface area contributed by atoms with E-state index >= 15 is 0 Å². The molecule has 0 fully saturated rings. The van der Waals surface area contributed by atoms with E-state index in [0.717, 1.165) is 16.7 Å². The first-order valence-electron chi connectivity index (χ1n) is 12.1. The highest BCUT2D eigenvalue weighted by molar-refractivity contribution is 6.32. The molecule has 4 aromatic rings. The zero-order valence-corrected chi connectivity index (χ0v) is 22.1. The lowest BCUT2D eigenvalue weighted by Crippen LogP contribution is -2.51. The topological polar surface area (TPSA) is 71.5 Å². The molecular formula is C30H27Cl2N3O3. The second-order valence-corrected chi connectivity index (χ2v) is 9.49. The number of rotatable bonds is 11. The van der Waals surface area contributed by atoms with Crippen molar-refractivity contribution in [3.05, 3.63) is 130 Å². The first-order valence-corrected chi connectivity index (χ1v) is 12.9. The van der Waals surface area contributed by atoms with Crippen molar-refractivity contribution in [1.82, 2.24) is 15.2 Å². The van der Waals surface area contributed by atoms with Crippen molar-refractivity contribution in [2.24, 2.45) is 0 Å². The fourth-order valence-corrected chi connectivity index (χ4v) is 4.25. The van der Waals surface area contributed by atoms with Crippen molar-refractivity contribution >= 4 is 35.0 Å². The highest BCUT2D eigenvalue weighted by Gasteiger charge is 2.30. The van der Waals surface area contributed by atoms with E-state index in [1.165, 1.54) is 0 Å². The third-order valence-corrected chi connectivity index (χ3v) is 6.51. The van der Waals surface area contributed by atoms with E-state index < -0.39 is 6.04 Å². The molecule has 194 valence electrons. The Balaban J connectivity index is 1.61. The number of nitrogens with one attached hydrogen (secondary N) is 1. The number of halogens is 2. The van der Waals surface area contributed by atoms with Crippen LogP contribution in [0, 0.1) is 0 Å². The Morgan fingerprint density at radius 3 is 2.21 bits per heavy atom. The molecule has 1 atom stereocenters. The van der Waals surface area contributed by atoms with Crippen LogP contribution in [-0.4, -0.2) is 34.3 Å². The van der Waals surface area contributed by atoms with Crippen LogP contribution < -0.4 is 10.1 Å². The lowest BCUT2D eigenvalue weighted by molar-refractivity contribution is -0.142. The lowest BCUT2D eigenvalue weighted by Gasteiger charge is -2.31. The van der Waals surface area contributed by atoms with Crippen LogP contribution in [0.4, 0.5) is 0 Å². The summed E-state index contributed by atoms with van der Waals surface area (Å²) in [5.74, 6) is -0.221. The van der Waals surface area contributed by atoms with Crippen molar-refractivity contribution in [2.75, 3.05) is 6.61 Å². The van der Waals surface area contributed by atoms with Gasteiger partial charge in [-0.2, -0.15) is 0 Å². The fraction of sp³-hybridized carbons (Fsp3) is 0.167. The maximum atomic E-state index is 13.7. The molecule has 0 bridgehead atoms. The molecule has 0 radical (unpaired) electrons. The maximum absolute atomic E-state index is 13.7. The highest BCUT2D eigenvalue weighted by atomic mass is 35.5. The molecule has 0 spiro atoms. The van der Waals surface area contributed by atoms with Crippen LogP contribution in [-0.2, 0) is 29.1 Å². The van der Waals surface area contributed by atoms with Gasteiger partial charge in [-0.25, -0.2) is 0 Å². The molecule has 0 saturated heterocycles. The van der Waals surface area contributed by atoms with Gasteiger partial charge in [0.15, 0.2) is 6.61 Å². The highest BCUT2D eigenvalue weighted by Crippen LogP contribution is 2.24. The average Bonchev–Trinajstić information content (AvgIpc) is 2.95. The number of ether oxygens (including phenoxy) is 1. The van der Waals surface area contributed by atoms with Crippen molar-refractivity contribution in [2.45, 2.75) is 25.6 Å². The van der Waals surface area contributed by atoms with Gasteiger partial charge in [-0.3, -0.25) is 14.6 Å². The molecule has 1 unspecified atom stereocenters. The summed E-state index contributed by atoms with van der Waals surface area (Å²) in [6.07, 6.45) is 3.67. The Hall–Kier alpha value is -3.87.